The molecule has 0 fully saturated rings. The molecule has 0 bridgehead atoms. The van der Waals surface area contributed by atoms with Gasteiger partial charge in [0.15, 0.2) is 0 Å². The summed E-state index contributed by atoms with van der Waals surface area (Å²) in [6.07, 6.45) is 1.32. The SMILES string of the molecule is CCC[C@@H](N)C(=O)NCC(=O)NCC(=O)O. The van der Waals surface area contributed by atoms with Gasteiger partial charge in [0.25, 0.3) is 0 Å². The molecule has 0 aromatic carbocycles. The molecule has 16 heavy (non-hydrogen) atoms. The average molecular weight is 231 g/mol. The minimum atomic E-state index is -1.14. The summed E-state index contributed by atoms with van der Waals surface area (Å²) in [5.74, 6) is -2.10. The molecule has 0 rings (SSSR count). The normalized spacial score (nSPS) is 11.6. The molecular formula is C9H17N3O4. The number of nitrogens with two attached hydrogens (primary N) is 1. The molecule has 2 amide bonds. The first-order chi connectivity index (χ1) is 7.47. The van der Waals surface area contributed by atoms with Crippen LogP contribution in [0.2, 0.25) is 0 Å². The van der Waals surface area contributed by atoms with E-state index in [2.05, 4.69) is 10.6 Å². The van der Waals surface area contributed by atoms with E-state index in [9.17, 15) is 14.4 Å². The molecule has 0 aliphatic heterocycles. The smallest absolute Gasteiger partial charge is 0.322 e. The van der Waals surface area contributed by atoms with E-state index in [-0.39, 0.29) is 6.54 Å². The van der Waals surface area contributed by atoms with Crippen LogP contribution in [0.3, 0.4) is 0 Å². The Labute approximate surface area is 93.4 Å². The van der Waals surface area contributed by atoms with Gasteiger partial charge in [-0.3, -0.25) is 14.4 Å². The lowest BCUT2D eigenvalue weighted by Gasteiger charge is -2.10. The van der Waals surface area contributed by atoms with Gasteiger partial charge in [-0.2, -0.15) is 0 Å². The van der Waals surface area contributed by atoms with E-state index >= 15 is 0 Å². The molecule has 5 N–H and O–H groups in total. The third-order valence-electron chi connectivity index (χ3n) is 1.80. The Balaban J connectivity index is 3.74. The largest absolute Gasteiger partial charge is 0.480 e. The summed E-state index contributed by atoms with van der Waals surface area (Å²) in [6.45, 7) is 1.17. The first kappa shape index (κ1) is 14.4. The topological polar surface area (TPSA) is 122 Å². The number of rotatable bonds is 7. The molecule has 92 valence electrons. The highest BCUT2D eigenvalue weighted by Crippen LogP contribution is 1.92. The standard InChI is InChI=1S/C9H17N3O4/c1-2-3-6(10)9(16)12-4-7(13)11-5-8(14)15/h6H,2-5,10H2,1H3,(H,11,13)(H,12,16)(H,14,15)/t6-/m1/s1. The Morgan fingerprint density at radius 2 is 1.88 bits per heavy atom. The van der Waals surface area contributed by atoms with Crippen molar-refractivity contribution in [2.45, 2.75) is 25.8 Å². The maximum absolute atomic E-state index is 11.2. The quantitative estimate of drug-likeness (QED) is 0.422. The zero-order valence-corrected chi connectivity index (χ0v) is 9.16. The Kier molecular flexibility index (Phi) is 6.86. The van der Waals surface area contributed by atoms with E-state index in [1.54, 1.807) is 0 Å². The van der Waals surface area contributed by atoms with E-state index in [0.717, 1.165) is 6.42 Å². The van der Waals surface area contributed by atoms with Crippen molar-refractivity contribution < 1.29 is 19.5 Å². The van der Waals surface area contributed by atoms with Gasteiger partial charge in [-0.25, -0.2) is 0 Å². The third-order valence-corrected chi connectivity index (χ3v) is 1.80. The molecule has 7 heteroatoms. The van der Waals surface area contributed by atoms with Gasteiger partial charge < -0.3 is 21.5 Å². The second-order valence-electron chi connectivity index (χ2n) is 3.28. The average Bonchev–Trinajstić information content (AvgIpc) is 2.23. The van der Waals surface area contributed by atoms with Crippen molar-refractivity contribution in [2.24, 2.45) is 5.73 Å². The highest BCUT2D eigenvalue weighted by Gasteiger charge is 2.13. The maximum Gasteiger partial charge on any atom is 0.322 e. The molecule has 7 nitrogen and oxygen atoms in total. The predicted octanol–water partition coefficient (Wildman–Crippen LogP) is -1.57. The Morgan fingerprint density at radius 3 is 2.38 bits per heavy atom. The van der Waals surface area contributed by atoms with Gasteiger partial charge in [0.1, 0.15) is 6.54 Å². The summed E-state index contributed by atoms with van der Waals surface area (Å²) in [5, 5.41) is 12.7. The van der Waals surface area contributed by atoms with Crippen LogP contribution in [0, 0.1) is 0 Å². The lowest BCUT2D eigenvalue weighted by atomic mass is 10.2. The number of aliphatic carboxylic acids is 1. The molecule has 0 radical (unpaired) electrons. The van der Waals surface area contributed by atoms with Crippen LogP contribution in [-0.4, -0.2) is 42.0 Å². The molecule has 0 aromatic heterocycles. The number of amides is 2. The summed E-state index contributed by atoms with van der Waals surface area (Å²) in [7, 11) is 0. The first-order valence-electron chi connectivity index (χ1n) is 4.99. The zero-order chi connectivity index (χ0) is 12.6. The highest BCUT2D eigenvalue weighted by atomic mass is 16.4. The predicted molar refractivity (Wildman–Crippen MR) is 56.5 cm³/mol. The van der Waals surface area contributed by atoms with Crippen molar-refractivity contribution >= 4 is 17.8 Å². The highest BCUT2D eigenvalue weighted by molar-refractivity contribution is 5.88. The van der Waals surface area contributed by atoms with Crippen LogP contribution in [0.15, 0.2) is 0 Å². The fourth-order valence-electron chi connectivity index (χ4n) is 0.977. The Morgan fingerprint density at radius 1 is 1.25 bits per heavy atom. The van der Waals surface area contributed by atoms with Gasteiger partial charge in [0.2, 0.25) is 11.8 Å². The number of carboxylic acid groups (broad SMARTS) is 1. The van der Waals surface area contributed by atoms with Crippen molar-refractivity contribution in [1.82, 2.24) is 10.6 Å². The first-order valence-corrected chi connectivity index (χ1v) is 4.99. The van der Waals surface area contributed by atoms with Crippen LogP contribution in [0.4, 0.5) is 0 Å². The van der Waals surface area contributed by atoms with Gasteiger partial charge >= 0.3 is 5.97 Å². The molecule has 0 aliphatic rings. The number of hydrogen-bond acceptors (Lipinski definition) is 4. The fraction of sp³-hybridized carbons (Fsp3) is 0.667. The monoisotopic (exact) mass is 231 g/mol. The minimum absolute atomic E-state index is 0.260. The molecule has 0 unspecified atom stereocenters. The maximum atomic E-state index is 11.2. The van der Waals surface area contributed by atoms with Crippen LogP contribution < -0.4 is 16.4 Å². The second-order valence-corrected chi connectivity index (χ2v) is 3.28. The van der Waals surface area contributed by atoms with Crippen LogP contribution in [0.25, 0.3) is 0 Å². The summed E-state index contributed by atoms with van der Waals surface area (Å²) < 4.78 is 0. The van der Waals surface area contributed by atoms with E-state index in [1.165, 1.54) is 0 Å². The number of carbonyl (C=O) groups excluding carboxylic acids is 2. The summed E-state index contributed by atoms with van der Waals surface area (Å²) >= 11 is 0. The summed E-state index contributed by atoms with van der Waals surface area (Å²) in [5.41, 5.74) is 5.50. The molecule has 0 saturated heterocycles. The Bertz CT molecular complexity index is 267. The van der Waals surface area contributed by atoms with Crippen molar-refractivity contribution in [3.63, 3.8) is 0 Å². The van der Waals surface area contributed by atoms with Crippen molar-refractivity contribution in [3.8, 4) is 0 Å². The number of carbonyl (C=O) groups is 3. The molecule has 0 aliphatic carbocycles. The Hall–Kier alpha value is -1.63. The van der Waals surface area contributed by atoms with Crippen molar-refractivity contribution in [2.75, 3.05) is 13.1 Å². The fourth-order valence-corrected chi connectivity index (χ4v) is 0.977. The van der Waals surface area contributed by atoms with Gasteiger partial charge in [-0.1, -0.05) is 13.3 Å². The van der Waals surface area contributed by atoms with Crippen molar-refractivity contribution in [1.29, 1.82) is 0 Å². The van der Waals surface area contributed by atoms with E-state index in [4.69, 9.17) is 10.8 Å². The van der Waals surface area contributed by atoms with Crippen LogP contribution in [0.1, 0.15) is 19.8 Å². The molecule has 0 aromatic rings. The minimum Gasteiger partial charge on any atom is -0.480 e. The van der Waals surface area contributed by atoms with E-state index in [1.807, 2.05) is 6.92 Å². The molecular weight excluding hydrogens is 214 g/mol. The molecule has 0 saturated carbocycles. The van der Waals surface area contributed by atoms with Crippen LogP contribution in [0.5, 0.6) is 0 Å². The number of hydrogen-bond donors (Lipinski definition) is 4. The van der Waals surface area contributed by atoms with Crippen LogP contribution >= 0.6 is 0 Å². The van der Waals surface area contributed by atoms with Gasteiger partial charge in [-0.05, 0) is 6.42 Å². The number of carboxylic acids is 1. The van der Waals surface area contributed by atoms with Gasteiger partial charge in [0.05, 0.1) is 12.6 Å². The van der Waals surface area contributed by atoms with Gasteiger partial charge in [0, 0.05) is 0 Å². The molecule has 1 atom stereocenters. The molecule has 0 heterocycles. The van der Waals surface area contributed by atoms with Crippen molar-refractivity contribution in [3.05, 3.63) is 0 Å². The lowest BCUT2D eigenvalue weighted by molar-refractivity contribution is -0.137. The summed E-state index contributed by atoms with van der Waals surface area (Å²) in [4.78, 5) is 32.4. The van der Waals surface area contributed by atoms with Gasteiger partial charge in [-0.15, -0.1) is 0 Å². The van der Waals surface area contributed by atoms with Crippen LogP contribution in [-0.2, 0) is 14.4 Å². The second kappa shape index (κ2) is 7.63. The van der Waals surface area contributed by atoms with E-state index < -0.39 is 30.4 Å². The summed E-state index contributed by atoms with van der Waals surface area (Å²) in [6, 6.07) is -0.628. The molecule has 0 spiro atoms. The number of nitrogens with one attached hydrogen (secondary N) is 2. The third kappa shape index (κ3) is 6.77. The lowest BCUT2D eigenvalue weighted by Crippen LogP contribution is -2.45. The zero-order valence-electron chi connectivity index (χ0n) is 9.16. The van der Waals surface area contributed by atoms with E-state index in [0.29, 0.717) is 6.42 Å².